The molecular formula is C11H7BrClN3O. The van der Waals surface area contributed by atoms with Crippen LogP contribution in [0.15, 0.2) is 41.0 Å². The Morgan fingerprint density at radius 2 is 2.18 bits per heavy atom. The number of halogens is 2. The van der Waals surface area contributed by atoms with Gasteiger partial charge in [0, 0.05) is 10.7 Å². The van der Waals surface area contributed by atoms with Crippen molar-refractivity contribution in [2.24, 2.45) is 0 Å². The zero-order chi connectivity index (χ0) is 12.3. The Morgan fingerprint density at radius 3 is 2.88 bits per heavy atom. The van der Waals surface area contributed by atoms with E-state index in [1.165, 1.54) is 0 Å². The molecule has 0 unspecified atom stereocenters. The number of hydrogen-bond acceptors (Lipinski definition) is 3. The van der Waals surface area contributed by atoms with E-state index in [2.05, 4.69) is 31.2 Å². The summed E-state index contributed by atoms with van der Waals surface area (Å²) in [5, 5.41) is 2.90. The number of hydrogen-bond donors (Lipinski definition) is 1. The molecule has 0 fully saturated rings. The molecule has 0 aromatic carbocycles. The second-order valence-corrected chi connectivity index (χ2v) is 4.46. The van der Waals surface area contributed by atoms with Gasteiger partial charge in [-0.1, -0.05) is 33.6 Å². The summed E-state index contributed by atoms with van der Waals surface area (Å²) in [6, 6.07) is 8.32. The molecule has 2 aromatic heterocycles. The summed E-state index contributed by atoms with van der Waals surface area (Å²) >= 11 is 8.99. The third kappa shape index (κ3) is 3.25. The first kappa shape index (κ1) is 12.0. The molecule has 17 heavy (non-hydrogen) atoms. The van der Waals surface area contributed by atoms with Gasteiger partial charge >= 0.3 is 0 Å². The minimum Gasteiger partial charge on any atom is -0.305 e. The third-order valence-electron chi connectivity index (χ3n) is 1.91. The van der Waals surface area contributed by atoms with Gasteiger partial charge in [-0.25, -0.2) is 9.97 Å². The molecule has 0 atom stereocenters. The molecular weight excluding hydrogens is 305 g/mol. The van der Waals surface area contributed by atoms with Gasteiger partial charge in [0.15, 0.2) is 0 Å². The minimum absolute atomic E-state index is 0.249. The molecule has 0 aliphatic rings. The third-order valence-corrected chi connectivity index (χ3v) is 2.62. The summed E-state index contributed by atoms with van der Waals surface area (Å²) in [5.74, 6) is 0.101. The van der Waals surface area contributed by atoms with Gasteiger partial charge in [-0.2, -0.15) is 0 Å². The van der Waals surface area contributed by atoms with Crippen LogP contribution in [0.25, 0.3) is 0 Å². The van der Waals surface area contributed by atoms with E-state index >= 15 is 0 Å². The first-order valence-corrected chi connectivity index (χ1v) is 5.88. The van der Waals surface area contributed by atoms with Crippen LogP contribution in [0.5, 0.6) is 0 Å². The maximum absolute atomic E-state index is 11.8. The van der Waals surface area contributed by atoms with Gasteiger partial charge in [0.2, 0.25) is 0 Å². The van der Waals surface area contributed by atoms with Crippen LogP contribution in [0.2, 0.25) is 5.15 Å². The average molecular weight is 313 g/mol. The van der Waals surface area contributed by atoms with Crippen molar-refractivity contribution in [2.75, 3.05) is 5.32 Å². The summed E-state index contributed by atoms with van der Waals surface area (Å²) in [6.45, 7) is 0. The quantitative estimate of drug-likeness (QED) is 0.867. The summed E-state index contributed by atoms with van der Waals surface area (Å²) in [6.07, 6.45) is 1.59. The maximum atomic E-state index is 11.8. The monoisotopic (exact) mass is 311 g/mol. The Bertz CT molecular complexity index is 562. The fourth-order valence-electron chi connectivity index (χ4n) is 1.19. The molecule has 1 N–H and O–H groups in total. The van der Waals surface area contributed by atoms with Crippen molar-refractivity contribution < 1.29 is 4.79 Å². The predicted octanol–water partition coefficient (Wildman–Crippen LogP) is 3.14. The summed E-state index contributed by atoms with van der Waals surface area (Å²) in [4.78, 5) is 19.7. The van der Waals surface area contributed by atoms with Crippen molar-refractivity contribution >= 4 is 39.3 Å². The smallest absolute Gasteiger partial charge is 0.275 e. The first-order chi connectivity index (χ1) is 8.15. The number of carbonyl (C=O) groups is 1. The molecule has 0 radical (unpaired) electrons. The van der Waals surface area contributed by atoms with Crippen LogP contribution in [-0.2, 0) is 0 Å². The fraction of sp³-hybridized carbons (Fsp3) is 0. The van der Waals surface area contributed by atoms with Crippen LogP contribution in [-0.4, -0.2) is 15.9 Å². The van der Waals surface area contributed by atoms with Gasteiger partial charge in [0.1, 0.15) is 16.7 Å². The zero-order valence-corrected chi connectivity index (χ0v) is 10.9. The van der Waals surface area contributed by atoms with Crippen LogP contribution < -0.4 is 5.32 Å². The second-order valence-electron chi connectivity index (χ2n) is 3.16. The van der Waals surface area contributed by atoms with Crippen molar-refractivity contribution in [3.63, 3.8) is 0 Å². The molecule has 1 amide bonds. The van der Waals surface area contributed by atoms with E-state index in [1.807, 2.05) is 0 Å². The summed E-state index contributed by atoms with van der Waals surface area (Å²) < 4.78 is 0.835. The lowest BCUT2D eigenvalue weighted by Crippen LogP contribution is -2.14. The SMILES string of the molecule is O=C(Nc1cc(Br)ccn1)c1cccc(Cl)n1. The van der Waals surface area contributed by atoms with Crippen LogP contribution in [0.4, 0.5) is 5.82 Å². The molecule has 2 heterocycles. The molecule has 0 bridgehead atoms. The first-order valence-electron chi connectivity index (χ1n) is 4.70. The van der Waals surface area contributed by atoms with Crippen molar-refractivity contribution in [2.45, 2.75) is 0 Å². The molecule has 86 valence electrons. The topological polar surface area (TPSA) is 54.9 Å². The van der Waals surface area contributed by atoms with Crippen molar-refractivity contribution in [1.82, 2.24) is 9.97 Å². The van der Waals surface area contributed by atoms with Crippen LogP contribution in [0, 0.1) is 0 Å². The Morgan fingerprint density at radius 1 is 1.35 bits per heavy atom. The van der Waals surface area contributed by atoms with Gasteiger partial charge in [-0.15, -0.1) is 0 Å². The Hall–Kier alpha value is -1.46. The number of aromatic nitrogens is 2. The number of rotatable bonds is 2. The molecule has 0 saturated carbocycles. The lowest BCUT2D eigenvalue weighted by molar-refractivity contribution is 0.102. The van der Waals surface area contributed by atoms with Crippen molar-refractivity contribution in [1.29, 1.82) is 0 Å². The van der Waals surface area contributed by atoms with Crippen LogP contribution in [0.1, 0.15) is 10.5 Å². The van der Waals surface area contributed by atoms with Gasteiger partial charge in [-0.3, -0.25) is 4.79 Å². The van der Waals surface area contributed by atoms with Gasteiger partial charge in [0.25, 0.3) is 5.91 Å². The van der Waals surface area contributed by atoms with E-state index < -0.39 is 0 Å². The molecule has 0 spiro atoms. The summed E-state index contributed by atoms with van der Waals surface area (Å²) in [7, 11) is 0. The van der Waals surface area contributed by atoms with Crippen LogP contribution >= 0.6 is 27.5 Å². The molecule has 0 aliphatic carbocycles. The van der Waals surface area contributed by atoms with Gasteiger partial charge < -0.3 is 5.32 Å². The lowest BCUT2D eigenvalue weighted by Gasteiger charge is -2.04. The second kappa shape index (κ2) is 5.25. The van der Waals surface area contributed by atoms with E-state index in [0.717, 1.165) is 4.47 Å². The zero-order valence-electron chi connectivity index (χ0n) is 8.52. The molecule has 2 aromatic rings. The lowest BCUT2D eigenvalue weighted by atomic mass is 10.3. The largest absolute Gasteiger partial charge is 0.305 e. The summed E-state index contributed by atoms with van der Waals surface area (Å²) in [5.41, 5.74) is 0.249. The van der Waals surface area contributed by atoms with E-state index in [4.69, 9.17) is 11.6 Å². The number of carbonyl (C=O) groups excluding carboxylic acids is 1. The van der Waals surface area contributed by atoms with Gasteiger partial charge in [-0.05, 0) is 24.3 Å². The number of pyridine rings is 2. The number of nitrogens with one attached hydrogen (secondary N) is 1. The van der Waals surface area contributed by atoms with E-state index in [1.54, 1.807) is 36.5 Å². The van der Waals surface area contributed by atoms with Gasteiger partial charge in [0.05, 0.1) is 0 Å². The normalized spacial score (nSPS) is 10.0. The minimum atomic E-state index is -0.349. The number of anilines is 1. The molecule has 0 saturated heterocycles. The molecule has 6 heteroatoms. The predicted molar refractivity (Wildman–Crippen MR) is 69.1 cm³/mol. The van der Waals surface area contributed by atoms with E-state index in [0.29, 0.717) is 5.82 Å². The van der Waals surface area contributed by atoms with E-state index in [9.17, 15) is 4.79 Å². The van der Waals surface area contributed by atoms with Crippen molar-refractivity contribution in [3.05, 3.63) is 51.8 Å². The highest BCUT2D eigenvalue weighted by atomic mass is 79.9. The Labute approximate surface area is 111 Å². The molecule has 0 aliphatic heterocycles. The standard InChI is InChI=1S/C11H7BrClN3O/c12-7-4-5-14-10(6-7)16-11(17)8-2-1-3-9(13)15-8/h1-6H,(H,14,16,17). The number of amides is 1. The highest BCUT2D eigenvalue weighted by molar-refractivity contribution is 9.10. The average Bonchev–Trinajstić information content (AvgIpc) is 2.29. The number of nitrogens with zero attached hydrogens (tertiary/aromatic N) is 2. The molecule has 2 rings (SSSR count). The Kier molecular flexibility index (Phi) is 3.71. The Balaban J connectivity index is 2.17. The fourth-order valence-corrected chi connectivity index (χ4v) is 1.69. The van der Waals surface area contributed by atoms with Crippen molar-refractivity contribution in [3.8, 4) is 0 Å². The highest BCUT2D eigenvalue weighted by Gasteiger charge is 2.08. The molecule has 4 nitrogen and oxygen atoms in total. The highest BCUT2D eigenvalue weighted by Crippen LogP contribution is 2.13. The van der Waals surface area contributed by atoms with Crippen LogP contribution in [0.3, 0.4) is 0 Å². The maximum Gasteiger partial charge on any atom is 0.275 e. The van der Waals surface area contributed by atoms with E-state index in [-0.39, 0.29) is 16.8 Å².